The van der Waals surface area contributed by atoms with Crippen molar-refractivity contribution in [2.75, 3.05) is 6.61 Å². The Morgan fingerprint density at radius 1 is 1.17 bits per heavy atom. The number of unbranched alkanes of at least 4 members (excludes halogenated alkanes) is 1. The van der Waals surface area contributed by atoms with Crippen molar-refractivity contribution < 1.29 is 19.4 Å². The van der Waals surface area contributed by atoms with Gasteiger partial charge in [-0.3, -0.25) is 4.79 Å². The van der Waals surface area contributed by atoms with Crippen LogP contribution in [0.5, 0.6) is 0 Å². The van der Waals surface area contributed by atoms with Crippen LogP contribution >= 0.6 is 0 Å². The Bertz CT molecular complexity index is 508. The number of ether oxygens (including phenoxy) is 1. The van der Waals surface area contributed by atoms with Crippen LogP contribution in [0.3, 0.4) is 0 Å². The maximum absolute atomic E-state index is 12.2. The molecular formula is C19H29NO4. The number of nitrogens with one attached hydrogen (secondary N) is 1. The van der Waals surface area contributed by atoms with Gasteiger partial charge in [-0.2, -0.15) is 0 Å². The molecule has 1 unspecified atom stereocenters. The Labute approximate surface area is 144 Å². The number of Topliss-reactive ketones (excluding diaryl/α,β-unsaturated/α-hetero) is 1. The number of hydrogen-bond acceptors (Lipinski definition) is 4. The molecule has 0 bridgehead atoms. The fourth-order valence-electron chi connectivity index (χ4n) is 2.19. The highest BCUT2D eigenvalue weighted by molar-refractivity contribution is 5.84. The summed E-state index contributed by atoms with van der Waals surface area (Å²) in [6.07, 6.45) is 1.80. The Morgan fingerprint density at radius 2 is 1.83 bits per heavy atom. The van der Waals surface area contributed by atoms with Crippen molar-refractivity contribution in [2.45, 2.75) is 59.1 Å². The van der Waals surface area contributed by atoms with Crippen LogP contribution in [0.2, 0.25) is 0 Å². The Balaban J connectivity index is 2.52. The van der Waals surface area contributed by atoms with Crippen molar-refractivity contribution in [3.63, 3.8) is 0 Å². The van der Waals surface area contributed by atoms with Crippen LogP contribution in [0.15, 0.2) is 30.3 Å². The van der Waals surface area contributed by atoms with Gasteiger partial charge < -0.3 is 15.2 Å². The number of aliphatic hydroxyl groups excluding tert-OH is 1. The molecule has 2 N–H and O–H groups in total. The van der Waals surface area contributed by atoms with E-state index in [0.717, 1.165) is 12.0 Å². The van der Waals surface area contributed by atoms with Gasteiger partial charge in [0, 0.05) is 24.5 Å². The summed E-state index contributed by atoms with van der Waals surface area (Å²) in [6.45, 7) is 5.91. The zero-order valence-electron chi connectivity index (χ0n) is 14.9. The lowest BCUT2D eigenvalue weighted by molar-refractivity contribution is -0.126. The van der Waals surface area contributed by atoms with Crippen molar-refractivity contribution in [1.29, 1.82) is 0 Å². The lowest BCUT2D eigenvalue weighted by atomic mass is 9.86. The Kier molecular flexibility index (Phi) is 8.47. The number of hydrogen-bond donors (Lipinski definition) is 2. The zero-order valence-corrected chi connectivity index (χ0v) is 14.9. The molecule has 0 heterocycles. The van der Waals surface area contributed by atoms with Gasteiger partial charge in [0.25, 0.3) is 0 Å². The minimum Gasteiger partial charge on any atom is -0.445 e. The van der Waals surface area contributed by atoms with E-state index in [0.29, 0.717) is 12.8 Å². The minimum absolute atomic E-state index is 0.0971. The van der Waals surface area contributed by atoms with Crippen molar-refractivity contribution in [3.8, 4) is 0 Å². The van der Waals surface area contributed by atoms with Crippen LogP contribution in [0.1, 0.15) is 52.0 Å². The number of aliphatic hydroxyl groups is 1. The van der Waals surface area contributed by atoms with Crippen LogP contribution < -0.4 is 5.32 Å². The molecule has 0 spiro atoms. The molecule has 5 heteroatoms. The highest BCUT2D eigenvalue weighted by atomic mass is 16.5. The number of amides is 1. The van der Waals surface area contributed by atoms with Gasteiger partial charge >= 0.3 is 6.09 Å². The Hall–Kier alpha value is -1.88. The van der Waals surface area contributed by atoms with Gasteiger partial charge in [0.05, 0.1) is 0 Å². The van der Waals surface area contributed by atoms with Crippen molar-refractivity contribution in [1.82, 2.24) is 5.32 Å². The normalized spacial score (nSPS) is 12.5. The first-order chi connectivity index (χ1) is 11.3. The monoisotopic (exact) mass is 335 g/mol. The molecular weight excluding hydrogens is 306 g/mol. The lowest BCUT2D eigenvalue weighted by Gasteiger charge is -2.23. The first kappa shape index (κ1) is 20.2. The molecule has 1 amide bonds. The molecule has 0 aromatic heterocycles. The predicted octanol–water partition coefficient (Wildman–Crippen LogP) is 3.45. The summed E-state index contributed by atoms with van der Waals surface area (Å²) >= 11 is 0. The quantitative estimate of drug-likeness (QED) is 0.678. The molecule has 0 aliphatic heterocycles. The van der Waals surface area contributed by atoms with E-state index >= 15 is 0 Å². The maximum Gasteiger partial charge on any atom is 0.407 e. The van der Waals surface area contributed by atoms with Crippen molar-refractivity contribution >= 4 is 11.9 Å². The van der Waals surface area contributed by atoms with Gasteiger partial charge in [-0.15, -0.1) is 0 Å². The second-order valence-electron chi connectivity index (χ2n) is 7.00. The van der Waals surface area contributed by atoms with E-state index in [-0.39, 0.29) is 31.5 Å². The van der Waals surface area contributed by atoms with Crippen LogP contribution in [-0.2, 0) is 16.1 Å². The van der Waals surface area contributed by atoms with Crippen LogP contribution in [-0.4, -0.2) is 29.6 Å². The molecule has 0 saturated heterocycles. The van der Waals surface area contributed by atoms with Crippen molar-refractivity contribution in [3.05, 3.63) is 35.9 Å². The summed E-state index contributed by atoms with van der Waals surface area (Å²) < 4.78 is 5.22. The molecule has 0 radical (unpaired) electrons. The highest BCUT2D eigenvalue weighted by Gasteiger charge is 2.25. The van der Waals surface area contributed by atoms with E-state index in [4.69, 9.17) is 9.84 Å². The second-order valence-corrected chi connectivity index (χ2v) is 7.00. The van der Waals surface area contributed by atoms with E-state index in [9.17, 15) is 9.59 Å². The molecule has 0 aliphatic rings. The van der Waals surface area contributed by atoms with Crippen LogP contribution in [0.4, 0.5) is 4.79 Å². The number of rotatable bonds is 9. The van der Waals surface area contributed by atoms with E-state index in [1.165, 1.54) is 0 Å². The van der Waals surface area contributed by atoms with Gasteiger partial charge in [0.1, 0.15) is 12.4 Å². The van der Waals surface area contributed by atoms with E-state index < -0.39 is 11.5 Å². The first-order valence-electron chi connectivity index (χ1n) is 8.44. The van der Waals surface area contributed by atoms with E-state index in [2.05, 4.69) is 5.32 Å². The van der Waals surface area contributed by atoms with E-state index in [1.54, 1.807) is 0 Å². The topological polar surface area (TPSA) is 75.6 Å². The van der Waals surface area contributed by atoms with Crippen LogP contribution in [0, 0.1) is 5.41 Å². The molecule has 1 aromatic rings. The van der Waals surface area contributed by atoms with Gasteiger partial charge in [-0.25, -0.2) is 4.79 Å². The maximum atomic E-state index is 12.2. The summed E-state index contributed by atoms with van der Waals surface area (Å²) in [7, 11) is 0. The molecule has 24 heavy (non-hydrogen) atoms. The molecule has 0 aliphatic carbocycles. The lowest BCUT2D eigenvalue weighted by Crippen LogP contribution is -2.39. The van der Waals surface area contributed by atoms with E-state index in [1.807, 2.05) is 51.1 Å². The van der Waals surface area contributed by atoms with Crippen LogP contribution in [0.25, 0.3) is 0 Å². The average molecular weight is 335 g/mol. The Morgan fingerprint density at radius 3 is 2.42 bits per heavy atom. The highest BCUT2D eigenvalue weighted by Crippen LogP contribution is 2.19. The molecule has 0 fully saturated rings. The van der Waals surface area contributed by atoms with Gasteiger partial charge in [-0.05, 0) is 24.8 Å². The first-order valence-corrected chi connectivity index (χ1v) is 8.44. The number of ketones is 1. The average Bonchev–Trinajstić information content (AvgIpc) is 2.53. The minimum atomic E-state index is -0.519. The number of carbonyl (C=O) groups is 2. The smallest absolute Gasteiger partial charge is 0.407 e. The summed E-state index contributed by atoms with van der Waals surface area (Å²) in [5.41, 5.74) is 0.473. The largest absolute Gasteiger partial charge is 0.445 e. The summed E-state index contributed by atoms with van der Waals surface area (Å²) in [6, 6.07) is 9.17. The van der Waals surface area contributed by atoms with Crippen molar-refractivity contribution in [2.24, 2.45) is 5.41 Å². The standard InChI is InChI=1S/C19H29NO4/c1-19(2,3)17(22)13-16(11-7-8-12-21)20-18(23)24-14-15-9-5-4-6-10-15/h4-6,9-10,16,21H,7-8,11-14H2,1-3H3,(H,20,23). The number of carbonyl (C=O) groups excluding carboxylic acids is 2. The third-order valence-electron chi connectivity index (χ3n) is 3.76. The molecule has 1 rings (SSSR count). The third-order valence-corrected chi connectivity index (χ3v) is 3.76. The fourth-order valence-corrected chi connectivity index (χ4v) is 2.19. The number of benzene rings is 1. The van der Waals surface area contributed by atoms with Gasteiger partial charge in [0.15, 0.2) is 0 Å². The molecule has 5 nitrogen and oxygen atoms in total. The molecule has 1 aromatic carbocycles. The third kappa shape index (κ3) is 8.11. The summed E-state index contributed by atoms with van der Waals surface area (Å²) in [4.78, 5) is 24.2. The SMILES string of the molecule is CC(C)(C)C(=O)CC(CCCCO)NC(=O)OCc1ccccc1. The molecule has 134 valence electrons. The predicted molar refractivity (Wildman–Crippen MR) is 93.6 cm³/mol. The van der Waals surface area contributed by atoms with Gasteiger partial charge in [-0.1, -0.05) is 51.1 Å². The van der Waals surface area contributed by atoms with Gasteiger partial charge in [0.2, 0.25) is 0 Å². The molecule has 1 atom stereocenters. The second kappa shape index (κ2) is 10.1. The summed E-state index contributed by atoms with van der Waals surface area (Å²) in [5.74, 6) is 0.0971. The fraction of sp³-hybridized carbons (Fsp3) is 0.579. The summed E-state index contributed by atoms with van der Waals surface area (Å²) in [5, 5.41) is 11.7. The molecule has 0 saturated carbocycles. The zero-order chi connectivity index (χ0) is 18.0. The number of alkyl carbamates (subject to hydrolysis) is 1.